The first-order chi connectivity index (χ1) is 25.2. The maximum absolute atomic E-state index is 14.1. The molecule has 2 N–H and O–H groups in total. The van der Waals surface area contributed by atoms with E-state index in [1.807, 2.05) is 59.9 Å². The highest BCUT2D eigenvalue weighted by Gasteiger charge is 2.35. The Balaban J connectivity index is 0.00000297. The van der Waals surface area contributed by atoms with Crippen molar-refractivity contribution >= 4 is 35.2 Å². The summed E-state index contributed by atoms with van der Waals surface area (Å²) in [6, 6.07) is 7.19. The third kappa shape index (κ3) is 12.4. The number of alkyl halides is 1. The zero-order valence-electron chi connectivity index (χ0n) is 32.4. The van der Waals surface area contributed by atoms with E-state index in [9.17, 15) is 19.2 Å². The molecule has 1 aromatic carbocycles. The number of nitrogens with zero attached hydrogens (tertiary/aromatic N) is 5. The minimum atomic E-state index is -0.525. The molecule has 1 saturated carbocycles. The fourth-order valence-corrected chi connectivity index (χ4v) is 8.38. The number of piperidine rings is 1. The molecule has 4 fully saturated rings. The fraction of sp³-hybridized carbons (Fsp3) is 0.750. The third-order valence-electron chi connectivity index (χ3n) is 11.3. The van der Waals surface area contributed by atoms with Crippen LogP contribution in [0.25, 0.3) is 0 Å². The summed E-state index contributed by atoms with van der Waals surface area (Å²) in [4.78, 5) is 63.1. The van der Waals surface area contributed by atoms with Crippen molar-refractivity contribution in [2.45, 2.75) is 84.1 Å². The second kappa shape index (κ2) is 21.8. The summed E-state index contributed by atoms with van der Waals surface area (Å²) >= 11 is 5.83. The second-order valence-corrected chi connectivity index (χ2v) is 15.4. The molecule has 4 aliphatic rings. The maximum atomic E-state index is 14.1. The summed E-state index contributed by atoms with van der Waals surface area (Å²) in [5, 5.41) is 6.51. The number of carbonyl (C=O) groups excluding carboxylic acids is 4. The molecule has 3 aliphatic heterocycles. The van der Waals surface area contributed by atoms with Gasteiger partial charge in [-0.3, -0.25) is 29.0 Å². The molecule has 292 valence electrons. The first-order valence-electron chi connectivity index (χ1n) is 20.1. The number of piperazine rings is 2. The molecule has 11 nitrogen and oxygen atoms in total. The van der Waals surface area contributed by atoms with Crippen LogP contribution in [0.1, 0.15) is 94.0 Å². The first-order valence-corrected chi connectivity index (χ1v) is 20.7. The lowest BCUT2D eigenvalue weighted by Gasteiger charge is -2.39. The molecule has 12 heteroatoms. The topological polar surface area (TPSA) is 109 Å². The van der Waals surface area contributed by atoms with Crippen molar-refractivity contribution in [2.75, 3.05) is 98.0 Å². The van der Waals surface area contributed by atoms with Gasteiger partial charge < -0.3 is 25.3 Å². The Hall–Kier alpha value is -2.73. The average Bonchev–Trinajstić information content (AvgIpc) is 3.20. The normalized spacial score (nSPS) is 21.6. The lowest BCUT2D eigenvalue weighted by Crippen LogP contribution is -2.57. The summed E-state index contributed by atoms with van der Waals surface area (Å²) in [5.74, 6) is 0.784. The molecule has 0 spiro atoms. The predicted molar refractivity (Wildman–Crippen MR) is 209 cm³/mol. The van der Waals surface area contributed by atoms with E-state index in [1.165, 1.54) is 6.42 Å². The summed E-state index contributed by atoms with van der Waals surface area (Å²) in [6.07, 6.45) is 8.15. The van der Waals surface area contributed by atoms with Crippen LogP contribution in [0.5, 0.6) is 0 Å². The lowest BCUT2D eigenvalue weighted by molar-refractivity contribution is -0.137. The van der Waals surface area contributed by atoms with Gasteiger partial charge in [-0.2, -0.15) is 0 Å². The average molecular weight is 744 g/mol. The van der Waals surface area contributed by atoms with Crippen molar-refractivity contribution in [1.82, 2.24) is 35.1 Å². The van der Waals surface area contributed by atoms with Crippen LogP contribution in [0.15, 0.2) is 24.3 Å². The van der Waals surface area contributed by atoms with Crippen molar-refractivity contribution in [3.63, 3.8) is 0 Å². The molecular weight excluding hydrogens is 678 g/mol. The first kappa shape index (κ1) is 42.0. The van der Waals surface area contributed by atoms with Gasteiger partial charge in [0.2, 0.25) is 17.7 Å². The zero-order chi connectivity index (χ0) is 37.5. The molecular formula is C40H66ClN7O4. The van der Waals surface area contributed by atoms with Gasteiger partial charge >= 0.3 is 0 Å². The van der Waals surface area contributed by atoms with Gasteiger partial charge in [0.05, 0.1) is 6.54 Å². The van der Waals surface area contributed by atoms with Crippen molar-refractivity contribution in [3.05, 3.63) is 35.4 Å². The van der Waals surface area contributed by atoms with E-state index in [2.05, 4.69) is 27.4 Å². The smallest absolute Gasteiger partial charge is 0.251 e. The van der Waals surface area contributed by atoms with Crippen LogP contribution in [0.4, 0.5) is 0 Å². The number of hydrogen-bond acceptors (Lipinski definition) is 7. The third-order valence-corrected chi connectivity index (χ3v) is 11.5. The van der Waals surface area contributed by atoms with Crippen molar-refractivity contribution in [3.8, 4) is 0 Å². The molecule has 1 aliphatic carbocycles. The number of rotatable bonds is 13. The molecule has 0 radical (unpaired) electrons. The summed E-state index contributed by atoms with van der Waals surface area (Å²) in [5.41, 5.74) is 1.61. The van der Waals surface area contributed by atoms with Gasteiger partial charge in [0.1, 0.15) is 11.9 Å². The van der Waals surface area contributed by atoms with Gasteiger partial charge in [-0.25, -0.2) is 0 Å². The largest absolute Gasteiger partial charge is 0.341 e. The number of likely N-dealkylation sites (tertiary alicyclic amines) is 1. The standard InChI is InChI=1S/C38H60ClN7O4.C2H6/c1-29(13-17-42(2)28-35(48)44-18-14-40-15-19-44)26-43-20-22-45(23-21-43)38(50)36(30-8-4-3-5-9-30)41-37(49)32-11-6-10-31(24-32)33-12-7-16-46(27-33)34(47)25-39;1-2/h6,10-11,24,29-30,33,36,40H,3-5,7-9,12-23,25-28H2,1-2H3,(H,41,49);1-2H3. The van der Waals surface area contributed by atoms with E-state index in [0.717, 1.165) is 109 Å². The van der Waals surface area contributed by atoms with Crippen LogP contribution in [0.3, 0.4) is 0 Å². The van der Waals surface area contributed by atoms with Crippen LogP contribution >= 0.6 is 11.6 Å². The Morgan fingerprint density at radius 1 is 0.885 bits per heavy atom. The quantitative estimate of drug-likeness (QED) is 0.296. The van der Waals surface area contributed by atoms with Crippen LogP contribution < -0.4 is 10.6 Å². The molecule has 3 heterocycles. The second-order valence-electron chi connectivity index (χ2n) is 15.2. The van der Waals surface area contributed by atoms with Gasteiger partial charge in [-0.15, -0.1) is 11.6 Å². The SMILES string of the molecule is CC.CC(CCN(C)CC(=O)N1CCNCC1)CN1CCN(C(=O)C(NC(=O)c2cccc(C3CCCN(C(=O)CCl)C3)c2)C2CCCCC2)CC1. The summed E-state index contributed by atoms with van der Waals surface area (Å²) in [7, 11) is 2.03. The number of likely N-dealkylation sites (N-methyl/N-ethyl adjacent to an activating group) is 1. The number of hydrogen-bond donors (Lipinski definition) is 2. The molecule has 5 rings (SSSR count). The van der Waals surface area contributed by atoms with Gasteiger partial charge in [0.25, 0.3) is 5.91 Å². The molecule has 3 unspecified atom stereocenters. The monoisotopic (exact) mass is 743 g/mol. The summed E-state index contributed by atoms with van der Waals surface area (Å²) < 4.78 is 0. The number of halogens is 1. The van der Waals surface area contributed by atoms with Crippen molar-refractivity contribution in [2.24, 2.45) is 11.8 Å². The molecule has 3 atom stereocenters. The molecule has 0 bridgehead atoms. The molecule has 1 aromatic rings. The van der Waals surface area contributed by atoms with E-state index in [4.69, 9.17) is 11.6 Å². The Bertz CT molecular complexity index is 1280. The molecule has 4 amide bonds. The van der Waals surface area contributed by atoms with E-state index < -0.39 is 6.04 Å². The van der Waals surface area contributed by atoms with E-state index in [0.29, 0.717) is 37.7 Å². The Kier molecular flexibility index (Phi) is 17.6. The molecule has 52 heavy (non-hydrogen) atoms. The van der Waals surface area contributed by atoms with E-state index in [1.54, 1.807) is 0 Å². The number of carbonyl (C=O) groups is 4. The number of amides is 4. The minimum Gasteiger partial charge on any atom is -0.341 e. The highest BCUT2D eigenvalue weighted by molar-refractivity contribution is 6.27. The van der Waals surface area contributed by atoms with E-state index in [-0.39, 0.29) is 41.3 Å². The van der Waals surface area contributed by atoms with Gasteiger partial charge in [-0.1, -0.05) is 52.2 Å². The molecule has 3 saturated heterocycles. The number of benzene rings is 1. The number of nitrogens with one attached hydrogen (secondary N) is 2. The van der Waals surface area contributed by atoms with E-state index >= 15 is 0 Å². The van der Waals surface area contributed by atoms with Gasteiger partial charge in [-0.05, 0) is 75.2 Å². The van der Waals surface area contributed by atoms with Crippen LogP contribution in [-0.2, 0) is 14.4 Å². The van der Waals surface area contributed by atoms with Crippen molar-refractivity contribution in [1.29, 1.82) is 0 Å². The van der Waals surface area contributed by atoms with Crippen LogP contribution in [0, 0.1) is 11.8 Å². The lowest BCUT2D eigenvalue weighted by atomic mass is 9.83. The Labute approximate surface area is 318 Å². The zero-order valence-corrected chi connectivity index (χ0v) is 33.2. The van der Waals surface area contributed by atoms with Gasteiger partial charge in [0.15, 0.2) is 0 Å². The van der Waals surface area contributed by atoms with Crippen LogP contribution in [0.2, 0.25) is 0 Å². The fourth-order valence-electron chi connectivity index (χ4n) is 8.21. The van der Waals surface area contributed by atoms with Crippen LogP contribution in [-0.4, -0.2) is 152 Å². The predicted octanol–water partition coefficient (Wildman–Crippen LogP) is 3.87. The Morgan fingerprint density at radius 2 is 1.60 bits per heavy atom. The highest BCUT2D eigenvalue weighted by atomic mass is 35.5. The molecule has 0 aromatic heterocycles. The minimum absolute atomic E-state index is 0.0143. The highest BCUT2D eigenvalue weighted by Crippen LogP contribution is 2.30. The van der Waals surface area contributed by atoms with Gasteiger partial charge in [0, 0.05) is 83.5 Å². The maximum Gasteiger partial charge on any atom is 0.251 e. The summed E-state index contributed by atoms with van der Waals surface area (Å²) in [6.45, 7) is 16.2. The Morgan fingerprint density at radius 3 is 2.29 bits per heavy atom. The van der Waals surface area contributed by atoms with Crippen molar-refractivity contribution < 1.29 is 19.2 Å².